The third kappa shape index (κ3) is 3.02. The Balaban J connectivity index is 0.00000104. The molecule has 0 saturated carbocycles. The molecule has 122 valence electrons. The molecule has 0 aliphatic heterocycles. The van der Waals surface area contributed by atoms with Crippen LogP contribution in [0.4, 0.5) is 0 Å². The summed E-state index contributed by atoms with van der Waals surface area (Å²) in [5.74, 6) is 0. The predicted molar refractivity (Wildman–Crippen MR) is 92.8 cm³/mol. The van der Waals surface area contributed by atoms with Crippen LogP contribution in [0.1, 0.15) is 28.7 Å². The molecule has 2 aromatic rings. The number of allylic oxidation sites excluding steroid dienone is 4. The zero-order chi connectivity index (χ0) is 15.3. The summed E-state index contributed by atoms with van der Waals surface area (Å²) in [6.07, 6.45) is 9.00. The van der Waals surface area contributed by atoms with Crippen molar-refractivity contribution in [3.63, 3.8) is 0 Å². The Morgan fingerprint density at radius 2 is 1.79 bits per heavy atom. The fourth-order valence-corrected chi connectivity index (χ4v) is 7.23. The smallest absolute Gasteiger partial charge is 1.00 e. The minimum Gasteiger partial charge on any atom is -1.00 e. The van der Waals surface area contributed by atoms with Crippen molar-refractivity contribution in [3.05, 3.63) is 74.7 Å². The van der Waals surface area contributed by atoms with Crippen LogP contribution in [0.5, 0.6) is 0 Å². The van der Waals surface area contributed by atoms with E-state index >= 15 is 0 Å². The van der Waals surface area contributed by atoms with Gasteiger partial charge >= 0.3 is 139 Å². The van der Waals surface area contributed by atoms with Gasteiger partial charge in [-0.25, -0.2) is 0 Å². The van der Waals surface area contributed by atoms with Gasteiger partial charge in [-0.3, -0.25) is 0 Å². The molecule has 0 atom stereocenters. The summed E-state index contributed by atoms with van der Waals surface area (Å²) in [6.45, 7) is 4.56. The van der Waals surface area contributed by atoms with E-state index in [1.165, 1.54) is 27.8 Å². The van der Waals surface area contributed by atoms with Crippen LogP contribution in [-0.4, -0.2) is 4.82 Å². The zero-order valence-electron chi connectivity index (χ0n) is 14.0. The van der Waals surface area contributed by atoms with Crippen molar-refractivity contribution in [3.8, 4) is 11.1 Å². The molecule has 0 unspecified atom stereocenters. The molecule has 0 spiro atoms. The van der Waals surface area contributed by atoms with E-state index in [9.17, 15) is 0 Å². The van der Waals surface area contributed by atoms with Gasteiger partial charge in [0.05, 0.1) is 0 Å². The number of hydrogen-bond donors (Lipinski definition) is 0. The van der Waals surface area contributed by atoms with Crippen molar-refractivity contribution in [1.82, 2.24) is 0 Å². The van der Waals surface area contributed by atoms with E-state index in [1.807, 2.05) is 0 Å². The molecule has 3 heteroatoms. The molecule has 0 bridgehead atoms. The zero-order valence-corrected chi connectivity index (χ0v) is 17.1. The third-order valence-electron chi connectivity index (χ3n) is 5.09. The summed E-state index contributed by atoms with van der Waals surface area (Å²) in [4.78, 5) is 4.69. The SMILES string of the molecule is [CH2]=[Ti+2]([C]1=CC=CC1)[c]1c(C)c(C)cc2c1Cc1ccccc1-2.[Cl-].[Cl-]. The van der Waals surface area contributed by atoms with Crippen molar-refractivity contribution in [2.75, 3.05) is 0 Å². The number of fused-ring (bicyclic) bond motifs is 3. The molecule has 24 heavy (non-hydrogen) atoms. The van der Waals surface area contributed by atoms with E-state index in [0.29, 0.717) is 0 Å². The van der Waals surface area contributed by atoms with Crippen LogP contribution < -0.4 is 28.7 Å². The largest absolute Gasteiger partial charge is 1.00 e. The predicted octanol–water partition coefficient (Wildman–Crippen LogP) is -1.60. The number of halogens is 2. The van der Waals surface area contributed by atoms with E-state index in [0.717, 1.165) is 12.8 Å². The van der Waals surface area contributed by atoms with Gasteiger partial charge in [0.1, 0.15) is 0 Å². The second-order valence-corrected chi connectivity index (χ2v) is 9.63. The van der Waals surface area contributed by atoms with Crippen LogP contribution in [-0.2, 0) is 23.8 Å². The number of rotatable bonds is 2. The summed E-state index contributed by atoms with van der Waals surface area (Å²) in [5, 5.41) is 0. The second-order valence-electron chi connectivity index (χ2n) is 6.36. The van der Waals surface area contributed by atoms with Gasteiger partial charge in [0.15, 0.2) is 0 Å². The number of benzene rings is 2. The molecule has 2 aliphatic rings. The van der Waals surface area contributed by atoms with Gasteiger partial charge in [0.25, 0.3) is 0 Å². The molecular weight excluding hydrogens is 371 g/mol. The Morgan fingerprint density at radius 3 is 2.50 bits per heavy atom. The van der Waals surface area contributed by atoms with Crippen molar-refractivity contribution in [1.29, 1.82) is 0 Å². The molecule has 0 amide bonds. The van der Waals surface area contributed by atoms with Crippen LogP contribution >= 0.6 is 0 Å². The maximum atomic E-state index is 4.69. The van der Waals surface area contributed by atoms with Crippen molar-refractivity contribution in [2.45, 2.75) is 26.7 Å². The normalized spacial score (nSPS) is 13.1. The van der Waals surface area contributed by atoms with Gasteiger partial charge in [0, 0.05) is 0 Å². The molecule has 0 saturated heterocycles. The molecule has 0 nitrogen and oxygen atoms in total. The fraction of sp³-hybridized carbons (Fsp3) is 0.190. The second kappa shape index (κ2) is 7.54. The molecule has 4 rings (SSSR count). The summed E-state index contributed by atoms with van der Waals surface area (Å²) in [6, 6.07) is 11.3. The minimum absolute atomic E-state index is 0. The molecule has 0 fully saturated rings. The summed E-state index contributed by atoms with van der Waals surface area (Å²) in [5.41, 5.74) is 8.87. The first-order valence-electron chi connectivity index (χ1n) is 7.93. The van der Waals surface area contributed by atoms with Crippen LogP contribution in [0.3, 0.4) is 0 Å². The molecule has 0 N–H and O–H groups in total. The molecular formula is C21H20Cl2Ti. The quantitative estimate of drug-likeness (QED) is 0.462. The van der Waals surface area contributed by atoms with E-state index in [2.05, 4.69) is 62.4 Å². The van der Waals surface area contributed by atoms with E-state index in [1.54, 1.807) is 13.3 Å². The maximum absolute atomic E-state index is 4.69. The van der Waals surface area contributed by atoms with Crippen molar-refractivity contribution < 1.29 is 42.2 Å². The third-order valence-corrected chi connectivity index (χ3v) is 8.88. The summed E-state index contributed by atoms with van der Waals surface area (Å²) >= 11 is -1.62. The maximum Gasteiger partial charge on any atom is -1.00 e. The average molecular weight is 391 g/mol. The first kappa shape index (κ1) is 19.4. The van der Waals surface area contributed by atoms with Crippen LogP contribution in [0.2, 0.25) is 0 Å². The van der Waals surface area contributed by atoms with Crippen LogP contribution in [0.15, 0.2) is 52.4 Å². The van der Waals surface area contributed by atoms with Gasteiger partial charge in [-0.1, -0.05) is 0 Å². The monoisotopic (exact) mass is 390 g/mol. The van der Waals surface area contributed by atoms with Crippen LogP contribution in [0, 0.1) is 13.8 Å². The van der Waals surface area contributed by atoms with E-state index < -0.39 is 17.4 Å². The Labute approximate surface area is 162 Å². The van der Waals surface area contributed by atoms with Gasteiger partial charge in [-0.2, -0.15) is 0 Å². The Morgan fingerprint density at radius 1 is 1.04 bits per heavy atom. The minimum atomic E-state index is -1.62. The molecule has 0 radical (unpaired) electrons. The average Bonchev–Trinajstić information content (AvgIpc) is 3.16. The first-order valence-corrected chi connectivity index (χ1v) is 10.6. The number of hydrogen-bond acceptors (Lipinski definition) is 0. The van der Waals surface area contributed by atoms with Gasteiger partial charge in [-0.05, 0) is 0 Å². The summed E-state index contributed by atoms with van der Waals surface area (Å²) in [7, 11) is 0. The Hall–Kier alpha value is -0.916. The fourth-order valence-electron chi connectivity index (χ4n) is 3.76. The Bertz CT molecular complexity index is 876. The molecule has 0 heterocycles. The van der Waals surface area contributed by atoms with Crippen molar-refractivity contribution >= 4 is 8.69 Å². The van der Waals surface area contributed by atoms with E-state index in [-0.39, 0.29) is 24.8 Å². The molecule has 2 aromatic carbocycles. The van der Waals surface area contributed by atoms with Gasteiger partial charge < -0.3 is 24.8 Å². The Kier molecular flexibility index (Phi) is 6.10. The molecule has 2 aliphatic carbocycles. The summed E-state index contributed by atoms with van der Waals surface area (Å²) < 4.78 is 3.23. The first-order chi connectivity index (χ1) is 10.7. The molecule has 0 aromatic heterocycles. The van der Waals surface area contributed by atoms with Crippen molar-refractivity contribution in [2.24, 2.45) is 0 Å². The topological polar surface area (TPSA) is 0 Å². The van der Waals surface area contributed by atoms with Crippen LogP contribution in [0.25, 0.3) is 11.1 Å². The van der Waals surface area contributed by atoms with Gasteiger partial charge in [0.2, 0.25) is 0 Å². The van der Waals surface area contributed by atoms with Gasteiger partial charge in [-0.15, -0.1) is 0 Å². The number of aryl methyl sites for hydroxylation is 1. The van der Waals surface area contributed by atoms with E-state index in [4.69, 9.17) is 4.82 Å². The standard InChI is InChI=1S/C15H13.C5H5.CH2.2ClH.Ti/c1-10-7-13-9-12-5-3-4-6-14(12)15(13)8-11(10)2;1-2-4-5-3-1;;;;/h3-6,8H,9H2,1-2H3;1-3H,4H2;1H2;2*1H;/q;;;;;+2/p-2.